The molecule has 0 aliphatic heterocycles. The van der Waals surface area contributed by atoms with Gasteiger partial charge in [0.15, 0.2) is 0 Å². The lowest BCUT2D eigenvalue weighted by Gasteiger charge is -2.24. The zero-order valence-corrected chi connectivity index (χ0v) is 16.7. The van der Waals surface area contributed by atoms with E-state index in [-0.39, 0.29) is 11.7 Å². The number of unbranched alkanes of at least 4 members (excludes halogenated alkanes) is 2. The molecule has 3 aromatic rings. The lowest BCUT2D eigenvalue weighted by atomic mass is 10.1. The summed E-state index contributed by atoms with van der Waals surface area (Å²) in [5, 5.41) is 0. The number of benzene rings is 2. The highest BCUT2D eigenvalue weighted by Crippen LogP contribution is 2.15. The molecule has 0 saturated carbocycles. The predicted octanol–water partition coefficient (Wildman–Crippen LogP) is 5.65. The van der Waals surface area contributed by atoms with Gasteiger partial charge in [0.1, 0.15) is 11.6 Å². The fraction of sp³-hybridized carbons (Fsp3) is 0.292. The predicted molar refractivity (Wildman–Crippen MR) is 111 cm³/mol. The monoisotopic (exact) mass is 396 g/mol. The Balaban J connectivity index is 1.79. The molecule has 3 rings (SSSR count). The van der Waals surface area contributed by atoms with Crippen molar-refractivity contribution in [2.24, 2.45) is 0 Å². The fourth-order valence-corrected chi connectivity index (χ4v) is 3.38. The molecule has 0 saturated heterocycles. The third-order valence-electron chi connectivity index (χ3n) is 4.91. The summed E-state index contributed by atoms with van der Waals surface area (Å²) in [5.74, 6) is -0.864. The van der Waals surface area contributed by atoms with Crippen LogP contribution in [-0.4, -0.2) is 21.9 Å². The van der Waals surface area contributed by atoms with Gasteiger partial charge in [0.05, 0.1) is 6.54 Å². The number of carbonyl (C=O) groups is 1. The number of rotatable bonds is 9. The van der Waals surface area contributed by atoms with Crippen LogP contribution in [0.4, 0.5) is 8.78 Å². The van der Waals surface area contributed by atoms with Crippen molar-refractivity contribution < 1.29 is 13.6 Å². The summed E-state index contributed by atoms with van der Waals surface area (Å²) in [6.07, 6.45) is 4.90. The molecular formula is C24H26F2N2O. The van der Waals surface area contributed by atoms with Gasteiger partial charge in [0.2, 0.25) is 0 Å². The van der Waals surface area contributed by atoms with Crippen LogP contribution in [0.1, 0.15) is 47.8 Å². The molecule has 0 spiro atoms. The number of halogens is 2. The van der Waals surface area contributed by atoms with E-state index in [2.05, 4.69) is 6.92 Å². The minimum Gasteiger partial charge on any atom is -0.345 e. The average molecular weight is 396 g/mol. The maximum Gasteiger partial charge on any atom is 0.254 e. The van der Waals surface area contributed by atoms with Gasteiger partial charge >= 0.3 is 0 Å². The maximum absolute atomic E-state index is 13.6. The Hall–Kier alpha value is -2.95. The summed E-state index contributed by atoms with van der Waals surface area (Å²) in [7, 11) is 0. The van der Waals surface area contributed by atoms with Crippen molar-refractivity contribution in [2.45, 2.75) is 39.3 Å². The van der Waals surface area contributed by atoms with Crippen LogP contribution in [0.2, 0.25) is 0 Å². The Kier molecular flexibility index (Phi) is 7.17. The number of hydrogen-bond donors (Lipinski definition) is 0. The Morgan fingerprint density at radius 3 is 2.45 bits per heavy atom. The third kappa shape index (κ3) is 5.76. The van der Waals surface area contributed by atoms with E-state index >= 15 is 0 Å². The summed E-state index contributed by atoms with van der Waals surface area (Å²) in [5.41, 5.74) is 2.16. The van der Waals surface area contributed by atoms with Crippen LogP contribution in [0.3, 0.4) is 0 Å². The molecule has 1 amide bonds. The smallest absolute Gasteiger partial charge is 0.254 e. The number of aromatic nitrogens is 1. The first-order valence-electron chi connectivity index (χ1n) is 10.00. The normalized spacial score (nSPS) is 10.9. The summed E-state index contributed by atoms with van der Waals surface area (Å²) >= 11 is 0. The molecule has 0 N–H and O–H groups in total. The molecule has 29 heavy (non-hydrogen) atoms. The van der Waals surface area contributed by atoms with Crippen molar-refractivity contribution in [1.82, 2.24) is 9.47 Å². The van der Waals surface area contributed by atoms with Crippen LogP contribution < -0.4 is 0 Å². The van der Waals surface area contributed by atoms with E-state index in [0.717, 1.165) is 30.5 Å². The molecule has 1 aromatic heterocycles. The highest BCUT2D eigenvalue weighted by Gasteiger charge is 2.18. The van der Waals surface area contributed by atoms with Crippen LogP contribution in [-0.2, 0) is 13.1 Å². The minimum atomic E-state index is -0.418. The van der Waals surface area contributed by atoms with Gasteiger partial charge < -0.3 is 9.47 Å². The second kappa shape index (κ2) is 10.0. The van der Waals surface area contributed by atoms with E-state index in [9.17, 15) is 13.6 Å². The first-order chi connectivity index (χ1) is 14.1. The molecule has 0 atom stereocenters. The van der Waals surface area contributed by atoms with Crippen LogP contribution in [0.5, 0.6) is 0 Å². The quantitative estimate of drug-likeness (QED) is 0.429. The maximum atomic E-state index is 13.6. The van der Waals surface area contributed by atoms with Crippen molar-refractivity contribution in [1.29, 1.82) is 0 Å². The van der Waals surface area contributed by atoms with Gasteiger partial charge in [-0.2, -0.15) is 0 Å². The number of carbonyl (C=O) groups excluding carboxylic acids is 1. The Labute approximate surface area is 170 Å². The van der Waals surface area contributed by atoms with Gasteiger partial charge in [-0.05, 0) is 54.4 Å². The van der Waals surface area contributed by atoms with E-state index in [0.29, 0.717) is 25.2 Å². The Morgan fingerprint density at radius 2 is 1.72 bits per heavy atom. The fourth-order valence-electron chi connectivity index (χ4n) is 3.38. The summed E-state index contributed by atoms with van der Waals surface area (Å²) in [6.45, 7) is 3.66. The molecular weight excluding hydrogens is 370 g/mol. The van der Waals surface area contributed by atoms with Crippen LogP contribution in [0.25, 0.3) is 0 Å². The molecule has 0 unspecified atom stereocenters. The van der Waals surface area contributed by atoms with Gasteiger partial charge in [-0.3, -0.25) is 4.79 Å². The van der Waals surface area contributed by atoms with Gasteiger partial charge in [-0.25, -0.2) is 8.78 Å². The van der Waals surface area contributed by atoms with E-state index < -0.39 is 5.82 Å². The average Bonchev–Trinajstić information content (AvgIpc) is 3.13. The number of amides is 1. The summed E-state index contributed by atoms with van der Waals surface area (Å²) < 4.78 is 29.1. The topological polar surface area (TPSA) is 25.2 Å². The van der Waals surface area contributed by atoms with Gasteiger partial charge in [-0.1, -0.05) is 38.0 Å². The lowest BCUT2D eigenvalue weighted by Crippen LogP contribution is -2.32. The Bertz CT molecular complexity index is 951. The van der Waals surface area contributed by atoms with Crippen molar-refractivity contribution in [3.05, 3.63) is 95.3 Å². The molecule has 0 aliphatic carbocycles. The van der Waals surface area contributed by atoms with E-state index in [1.54, 1.807) is 23.1 Å². The van der Waals surface area contributed by atoms with E-state index in [1.165, 1.54) is 24.3 Å². The first kappa shape index (κ1) is 20.8. The molecule has 5 heteroatoms. The molecule has 2 aromatic carbocycles. The largest absolute Gasteiger partial charge is 0.345 e. The van der Waals surface area contributed by atoms with Crippen molar-refractivity contribution >= 4 is 5.91 Å². The summed E-state index contributed by atoms with van der Waals surface area (Å²) in [4.78, 5) is 14.8. The molecule has 0 aliphatic rings. The first-order valence-corrected chi connectivity index (χ1v) is 10.00. The molecule has 0 fully saturated rings. The zero-order chi connectivity index (χ0) is 20.6. The van der Waals surface area contributed by atoms with E-state index in [4.69, 9.17) is 0 Å². The van der Waals surface area contributed by atoms with Crippen molar-refractivity contribution in [2.75, 3.05) is 6.54 Å². The van der Waals surface area contributed by atoms with Gasteiger partial charge in [0, 0.05) is 30.5 Å². The molecule has 0 radical (unpaired) electrons. The molecule has 0 bridgehead atoms. The van der Waals surface area contributed by atoms with Crippen LogP contribution in [0, 0.1) is 11.6 Å². The Morgan fingerprint density at radius 1 is 0.966 bits per heavy atom. The van der Waals surface area contributed by atoms with E-state index in [1.807, 2.05) is 29.0 Å². The lowest BCUT2D eigenvalue weighted by molar-refractivity contribution is 0.0736. The highest BCUT2D eigenvalue weighted by atomic mass is 19.1. The van der Waals surface area contributed by atoms with Gasteiger partial charge in [0.25, 0.3) is 5.91 Å². The summed E-state index contributed by atoms with van der Waals surface area (Å²) in [6, 6.07) is 16.2. The van der Waals surface area contributed by atoms with Crippen LogP contribution in [0.15, 0.2) is 66.9 Å². The third-order valence-corrected chi connectivity index (χ3v) is 4.91. The van der Waals surface area contributed by atoms with Crippen molar-refractivity contribution in [3.8, 4) is 0 Å². The zero-order valence-electron chi connectivity index (χ0n) is 16.7. The highest BCUT2D eigenvalue weighted by molar-refractivity contribution is 5.94. The second-order valence-electron chi connectivity index (χ2n) is 7.20. The standard InChI is InChI=1S/C24H26F2N2O/c1-2-3-4-13-28(24(29)20-9-6-11-22(26)16-20)18-23-12-7-14-27(23)17-19-8-5-10-21(25)15-19/h5-12,14-16H,2-4,13,17-18H2,1H3. The van der Waals surface area contributed by atoms with Crippen LogP contribution >= 0.6 is 0 Å². The minimum absolute atomic E-state index is 0.181. The number of nitrogens with zero attached hydrogens (tertiary/aromatic N) is 2. The van der Waals surface area contributed by atoms with Gasteiger partial charge in [-0.15, -0.1) is 0 Å². The van der Waals surface area contributed by atoms with Crippen molar-refractivity contribution in [3.63, 3.8) is 0 Å². The molecule has 1 heterocycles. The molecule has 3 nitrogen and oxygen atoms in total. The number of hydrogen-bond acceptors (Lipinski definition) is 1. The molecule has 152 valence electrons. The second-order valence-corrected chi connectivity index (χ2v) is 7.20. The SMILES string of the molecule is CCCCCN(Cc1cccn1Cc1cccc(F)c1)C(=O)c1cccc(F)c1.